The third-order valence-corrected chi connectivity index (χ3v) is 6.63. The first kappa shape index (κ1) is 17.6. The molecule has 4 rings (SSSR count). The van der Waals surface area contributed by atoms with Crippen molar-refractivity contribution in [1.29, 1.82) is 5.26 Å². The van der Waals surface area contributed by atoms with E-state index >= 15 is 0 Å². The first-order valence-corrected chi connectivity index (χ1v) is 10.4. The summed E-state index contributed by atoms with van der Waals surface area (Å²) < 4.78 is 1.02. The monoisotopic (exact) mass is 383 g/mol. The summed E-state index contributed by atoms with van der Waals surface area (Å²) in [5.41, 5.74) is 4.20. The van der Waals surface area contributed by atoms with Crippen LogP contribution in [0.3, 0.4) is 0 Å². The minimum Gasteiger partial charge on any atom is -0.192 e. The van der Waals surface area contributed by atoms with E-state index in [4.69, 9.17) is 0 Å². The molecule has 3 aromatic carbocycles. The molecular formula is C24H17NS2. The average Bonchev–Trinajstić information content (AvgIpc) is 3.05. The van der Waals surface area contributed by atoms with Crippen molar-refractivity contribution in [3.63, 3.8) is 0 Å². The van der Waals surface area contributed by atoms with Crippen molar-refractivity contribution >= 4 is 33.9 Å². The Labute approximate surface area is 167 Å². The van der Waals surface area contributed by atoms with Crippen molar-refractivity contribution in [3.8, 4) is 17.2 Å². The Kier molecular flexibility index (Phi) is 5.11. The van der Waals surface area contributed by atoms with Gasteiger partial charge in [-0.05, 0) is 27.3 Å². The number of benzene rings is 3. The average molecular weight is 384 g/mol. The highest BCUT2D eigenvalue weighted by Gasteiger charge is 2.21. The minimum absolute atomic E-state index is 0.757. The summed E-state index contributed by atoms with van der Waals surface area (Å²) in [4.78, 5) is 1.22. The highest BCUT2D eigenvalue weighted by atomic mass is 32.2. The predicted molar refractivity (Wildman–Crippen MR) is 117 cm³/mol. The third kappa shape index (κ3) is 3.42. The second kappa shape index (κ2) is 7.84. The highest BCUT2D eigenvalue weighted by molar-refractivity contribution is 8.03. The van der Waals surface area contributed by atoms with E-state index in [0.29, 0.717) is 0 Å². The second-order valence-electron chi connectivity index (χ2n) is 6.15. The Morgan fingerprint density at radius 3 is 2.48 bits per heavy atom. The van der Waals surface area contributed by atoms with Crippen LogP contribution in [0.4, 0.5) is 0 Å². The van der Waals surface area contributed by atoms with Gasteiger partial charge in [-0.1, -0.05) is 91.1 Å². The van der Waals surface area contributed by atoms with E-state index in [1.54, 1.807) is 16.7 Å². The van der Waals surface area contributed by atoms with E-state index in [9.17, 15) is 5.26 Å². The molecule has 130 valence electrons. The van der Waals surface area contributed by atoms with Crippen molar-refractivity contribution in [2.45, 2.75) is 10.6 Å². The van der Waals surface area contributed by atoms with Crippen molar-refractivity contribution in [2.75, 3.05) is 0 Å². The molecule has 0 fully saturated rings. The largest absolute Gasteiger partial charge is 0.192 e. The lowest BCUT2D eigenvalue weighted by molar-refractivity contribution is 1.24. The summed E-state index contributed by atoms with van der Waals surface area (Å²) in [5.74, 6) is 0. The van der Waals surface area contributed by atoms with E-state index in [1.807, 2.05) is 6.07 Å². The van der Waals surface area contributed by atoms with E-state index in [2.05, 4.69) is 79.4 Å². The van der Waals surface area contributed by atoms with E-state index < -0.39 is 0 Å². The Hall–Kier alpha value is -2.80. The summed E-state index contributed by atoms with van der Waals surface area (Å²) in [6.45, 7) is 3.84. The molecule has 0 bridgehead atoms. The molecule has 0 N–H and O–H groups in total. The first-order valence-electron chi connectivity index (χ1n) is 8.67. The maximum atomic E-state index is 9.95. The number of hydrogen-bond donors (Lipinski definition) is 0. The number of nitriles is 1. The zero-order valence-corrected chi connectivity index (χ0v) is 16.3. The fourth-order valence-electron chi connectivity index (χ4n) is 3.35. The Morgan fingerprint density at radius 1 is 0.963 bits per heavy atom. The van der Waals surface area contributed by atoms with E-state index in [0.717, 1.165) is 27.3 Å². The SMILES string of the molecule is C=CSc1sc(Cc2ccccc2)c(-c2cccc3ccccc23)c1C#N. The van der Waals surface area contributed by atoms with Crippen LogP contribution in [0, 0.1) is 11.3 Å². The predicted octanol–water partition coefficient (Wildman–Crippen LogP) is 7.27. The number of thioether (sulfide) groups is 1. The van der Waals surface area contributed by atoms with E-state index in [-0.39, 0.29) is 0 Å². The van der Waals surface area contributed by atoms with Crippen molar-refractivity contribution in [1.82, 2.24) is 0 Å². The van der Waals surface area contributed by atoms with Gasteiger partial charge in [0.15, 0.2) is 0 Å². The van der Waals surface area contributed by atoms with Crippen LogP contribution < -0.4 is 0 Å². The van der Waals surface area contributed by atoms with Gasteiger partial charge < -0.3 is 0 Å². The fraction of sp³-hybridized carbons (Fsp3) is 0.0417. The summed E-state index contributed by atoms with van der Waals surface area (Å²) in [6, 6.07) is 27.6. The van der Waals surface area contributed by atoms with Gasteiger partial charge >= 0.3 is 0 Å². The van der Waals surface area contributed by atoms with Gasteiger partial charge in [-0.25, -0.2) is 0 Å². The standard InChI is InChI=1S/C24H17NS2/c1-2-26-24-21(16-25)23(22(27-24)15-17-9-4-3-5-10-17)20-14-8-12-18-11-6-7-13-19(18)20/h2-14H,1,15H2. The van der Waals surface area contributed by atoms with Crippen LogP contribution in [0.15, 0.2) is 89.0 Å². The zero-order chi connectivity index (χ0) is 18.6. The van der Waals surface area contributed by atoms with Crippen molar-refractivity contribution < 1.29 is 0 Å². The number of nitrogens with zero attached hydrogens (tertiary/aromatic N) is 1. The summed E-state index contributed by atoms with van der Waals surface area (Å²) in [6.07, 6.45) is 0.816. The van der Waals surface area contributed by atoms with Crippen LogP contribution >= 0.6 is 23.1 Å². The van der Waals surface area contributed by atoms with Crippen LogP contribution in [0.25, 0.3) is 21.9 Å². The lowest BCUT2D eigenvalue weighted by Crippen LogP contribution is -1.90. The Bertz CT molecular complexity index is 1140. The molecule has 4 aromatic rings. The smallest absolute Gasteiger partial charge is 0.102 e. The Morgan fingerprint density at radius 2 is 1.70 bits per heavy atom. The third-order valence-electron chi connectivity index (χ3n) is 4.52. The molecule has 0 spiro atoms. The fourth-order valence-corrected chi connectivity index (χ4v) is 5.49. The van der Waals surface area contributed by atoms with Gasteiger partial charge in [0.2, 0.25) is 0 Å². The van der Waals surface area contributed by atoms with Gasteiger partial charge in [0, 0.05) is 16.9 Å². The van der Waals surface area contributed by atoms with Crippen LogP contribution in [0.5, 0.6) is 0 Å². The van der Waals surface area contributed by atoms with Crippen LogP contribution in [-0.2, 0) is 6.42 Å². The number of hydrogen-bond acceptors (Lipinski definition) is 3. The van der Waals surface area contributed by atoms with Gasteiger partial charge in [-0.2, -0.15) is 5.26 Å². The number of thiophene rings is 1. The molecule has 0 radical (unpaired) electrons. The second-order valence-corrected chi connectivity index (χ2v) is 8.49. The van der Waals surface area contributed by atoms with Crippen LogP contribution in [-0.4, -0.2) is 0 Å². The summed E-state index contributed by atoms with van der Waals surface area (Å²) >= 11 is 3.23. The summed E-state index contributed by atoms with van der Waals surface area (Å²) in [5, 5.41) is 14.1. The van der Waals surface area contributed by atoms with Gasteiger partial charge in [-0.15, -0.1) is 11.3 Å². The highest BCUT2D eigenvalue weighted by Crippen LogP contribution is 2.44. The Balaban J connectivity index is 1.97. The van der Waals surface area contributed by atoms with Gasteiger partial charge in [0.1, 0.15) is 6.07 Å². The van der Waals surface area contributed by atoms with Crippen LogP contribution in [0.1, 0.15) is 16.0 Å². The normalized spacial score (nSPS) is 10.6. The molecule has 0 saturated carbocycles. The molecular weight excluding hydrogens is 366 g/mol. The maximum Gasteiger partial charge on any atom is 0.102 e. The number of fused-ring (bicyclic) bond motifs is 1. The zero-order valence-electron chi connectivity index (χ0n) is 14.7. The number of rotatable bonds is 5. The first-order chi connectivity index (χ1) is 13.3. The van der Waals surface area contributed by atoms with Gasteiger partial charge in [0.05, 0.1) is 9.77 Å². The van der Waals surface area contributed by atoms with E-state index in [1.165, 1.54) is 33.0 Å². The van der Waals surface area contributed by atoms with Crippen LogP contribution in [0.2, 0.25) is 0 Å². The lowest BCUT2D eigenvalue weighted by atomic mass is 9.94. The topological polar surface area (TPSA) is 23.8 Å². The lowest BCUT2D eigenvalue weighted by Gasteiger charge is -2.09. The molecule has 3 heteroatoms. The molecule has 0 atom stereocenters. The molecule has 0 saturated heterocycles. The maximum absolute atomic E-state index is 9.95. The van der Waals surface area contributed by atoms with Gasteiger partial charge in [-0.3, -0.25) is 0 Å². The molecule has 0 aliphatic heterocycles. The molecule has 0 amide bonds. The molecule has 1 heterocycles. The molecule has 0 aliphatic rings. The molecule has 1 aromatic heterocycles. The van der Waals surface area contributed by atoms with Crippen molar-refractivity contribution in [2.24, 2.45) is 0 Å². The van der Waals surface area contributed by atoms with Crippen molar-refractivity contribution in [3.05, 3.63) is 101 Å². The molecule has 1 nitrogen and oxygen atoms in total. The minimum atomic E-state index is 0.757. The van der Waals surface area contributed by atoms with Gasteiger partial charge in [0.25, 0.3) is 0 Å². The molecule has 0 aliphatic carbocycles. The molecule has 0 unspecified atom stereocenters. The quantitative estimate of drug-likeness (QED) is 0.338. The molecule has 27 heavy (non-hydrogen) atoms. The summed E-state index contributed by atoms with van der Waals surface area (Å²) in [7, 11) is 0.